The van der Waals surface area contributed by atoms with Gasteiger partial charge in [-0.3, -0.25) is 0 Å². The zero-order valence-corrected chi connectivity index (χ0v) is 20.2. The summed E-state index contributed by atoms with van der Waals surface area (Å²) in [6.45, 7) is 0.946. The van der Waals surface area contributed by atoms with E-state index < -0.39 is 0 Å². The number of methoxy groups -OCH3 is 1. The molecule has 1 atom stereocenters. The second-order valence-corrected chi connectivity index (χ2v) is 8.92. The van der Waals surface area contributed by atoms with E-state index in [2.05, 4.69) is 91.3 Å². The van der Waals surface area contributed by atoms with Crippen LogP contribution < -0.4 is 10.1 Å². The van der Waals surface area contributed by atoms with Crippen LogP contribution in [0.25, 0.3) is 0 Å². The predicted molar refractivity (Wildman–Crippen MR) is 125 cm³/mol. The van der Waals surface area contributed by atoms with Crippen LogP contribution in [0.5, 0.6) is 11.5 Å². The van der Waals surface area contributed by atoms with E-state index in [1.807, 2.05) is 6.07 Å². The van der Waals surface area contributed by atoms with E-state index in [0.717, 1.165) is 35.8 Å². The van der Waals surface area contributed by atoms with Crippen LogP contribution in [-0.2, 0) is 12.8 Å². The fourth-order valence-electron chi connectivity index (χ4n) is 3.03. The Morgan fingerprint density at radius 1 is 1.21 bits per heavy atom. The molecule has 2 N–H and O–H groups in total. The molecule has 0 fully saturated rings. The monoisotopic (exact) mass is 683 g/mol. The molecule has 0 aromatic heterocycles. The zero-order valence-electron chi connectivity index (χ0n) is 12.9. The van der Waals surface area contributed by atoms with Crippen molar-refractivity contribution >= 4 is 80.2 Å². The standard InChI is InChI=1S/C17H16I3NO2.ClH/c1-23-17-12(18)6-9(7-13(17)19)8-14-10-2-3-15(22)16(20)11(10)4-5-21-14;/h2-3,6-7,14,21-22H,4-5,8H2,1H3;1H. The Labute approximate surface area is 189 Å². The lowest BCUT2D eigenvalue weighted by Gasteiger charge is -2.28. The van der Waals surface area contributed by atoms with Crippen LogP contribution in [-0.4, -0.2) is 18.8 Å². The number of phenols is 1. The Morgan fingerprint density at radius 3 is 2.50 bits per heavy atom. The molecule has 0 aliphatic carbocycles. The van der Waals surface area contributed by atoms with E-state index in [-0.39, 0.29) is 18.4 Å². The fraction of sp³-hybridized carbons (Fsp3) is 0.294. The van der Waals surface area contributed by atoms with Gasteiger partial charge in [0.05, 0.1) is 17.8 Å². The van der Waals surface area contributed by atoms with Crippen LogP contribution in [0.4, 0.5) is 0 Å². The largest absolute Gasteiger partial charge is 0.507 e. The van der Waals surface area contributed by atoms with E-state index in [1.165, 1.54) is 16.7 Å². The maximum absolute atomic E-state index is 9.94. The van der Waals surface area contributed by atoms with Gasteiger partial charge < -0.3 is 15.2 Å². The average Bonchev–Trinajstić information content (AvgIpc) is 2.51. The molecular weight excluding hydrogens is 666 g/mol. The fourth-order valence-corrected chi connectivity index (χ4v) is 6.13. The SMILES string of the molecule is COc1c(I)cc(CC2NCCc3c2ccc(O)c3I)cc1I.Cl. The van der Waals surface area contributed by atoms with Crippen LogP contribution in [0.1, 0.15) is 22.7 Å². The summed E-state index contributed by atoms with van der Waals surface area (Å²) in [6, 6.07) is 8.55. The molecule has 0 saturated carbocycles. The van der Waals surface area contributed by atoms with Crippen molar-refractivity contribution in [2.75, 3.05) is 13.7 Å². The third kappa shape index (κ3) is 4.24. The number of ether oxygens (including phenoxy) is 1. The topological polar surface area (TPSA) is 41.5 Å². The number of benzene rings is 2. The van der Waals surface area contributed by atoms with Gasteiger partial charge in [-0.1, -0.05) is 6.07 Å². The highest BCUT2D eigenvalue weighted by atomic mass is 127. The number of aromatic hydroxyl groups is 1. The lowest BCUT2D eigenvalue weighted by Crippen LogP contribution is -2.31. The first-order valence-electron chi connectivity index (χ1n) is 7.26. The summed E-state index contributed by atoms with van der Waals surface area (Å²) in [5.41, 5.74) is 3.89. The molecule has 130 valence electrons. The lowest BCUT2D eigenvalue weighted by molar-refractivity contribution is 0.408. The minimum atomic E-state index is 0. The summed E-state index contributed by atoms with van der Waals surface area (Å²) in [5, 5.41) is 13.6. The average molecular weight is 683 g/mol. The van der Waals surface area contributed by atoms with Crippen LogP contribution in [0.15, 0.2) is 24.3 Å². The molecule has 0 saturated heterocycles. The summed E-state index contributed by atoms with van der Waals surface area (Å²) in [6.07, 6.45) is 1.90. The van der Waals surface area contributed by atoms with Crippen molar-refractivity contribution in [3.63, 3.8) is 0 Å². The van der Waals surface area contributed by atoms with Crippen molar-refractivity contribution in [2.45, 2.75) is 18.9 Å². The third-order valence-electron chi connectivity index (χ3n) is 4.10. The van der Waals surface area contributed by atoms with Crippen LogP contribution in [0, 0.1) is 10.7 Å². The molecule has 1 unspecified atom stereocenters. The Bertz CT molecular complexity index is 732. The number of halogens is 4. The molecule has 7 heteroatoms. The molecule has 1 heterocycles. The first kappa shape index (κ1) is 20.8. The number of fused-ring (bicyclic) bond motifs is 1. The Kier molecular flexibility index (Phi) is 7.72. The number of nitrogens with one attached hydrogen (secondary N) is 1. The smallest absolute Gasteiger partial charge is 0.145 e. The molecule has 2 aromatic rings. The maximum atomic E-state index is 9.94. The molecule has 24 heavy (non-hydrogen) atoms. The molecule has 2 aromatic carbocycles. The van der Waals surface area contributed by atoms with Crippen LogP contribution >= 0.6 is 80.2 Å². The molecule has 0 spiro atoms. The Morgan fingerprint density at radius 2 is 1.88 bits per heavy atom. The highest BCUT2D eigenvalue weighted by Crippen LogP contribution is 2.35. The maximum Gasteiger partial charge on any atom is 0.145 e. The predicted octanol–water partition coefficient (Wildman–Crippen LogP) is 5.07. The van der Waals surface area contributed by atoms with Crippen molar-refractivity contribution < 1.29 is 9.84 Å². The van der Waals surface area contributed by atoms with Gasteiger partial charge in [0.15, 0.2) is 0 Å². The number of hydrogen-bond acceptors (Lipinski definition) is 3. The normalized spacial score (nSPS) is 16.2. The Balaban J connectivity index is 0.00000208. The van der Waals surface area contributed by atoms with Gasteiger partial charge in [-0.25, -0.2) is 0 Å². The lowest BCUT2D eigenvalue weighted by atomic mass is 9.90. The molecule has 1 aliphatic rings. The van der Waals surface area contributed by atoms with E-state index >= 15 is 0 Å². The van der Waals surface area contributed by atoms with Gasteiger partial charge in [0.1, 0.15) is 11.5 Å². The Hall–Kier alpha value is 0.480. The number of hydrogen-bond donors (Lipinski definition) is 2. The van der Waals surface area contributed by atoms with Gasteiger partial charge >= 0.3 is 0 Å². The molecule has 0 bridgehead atoms. The van der Waals surface area contributed by atoms with Crippen molar-refractivity contribution in [1.29, 1.82) is 0 Å². The summed E-state index contributed by atoms with van der Waals surface area (Å²) in [5.74, 6) is 1.34. The molecule has 3 rings (SSSR count). The van der Waals surface area contributed by atoms with Crippen LogP contribution in [0.2, 0.25) is 0 Å². The number of rotatable bonds is 3. The van der Waals surface area contributed by atoms with E-state index in [4.69, 9.17) is 4.74 Å². The zero-order chi connectivity index (χ0) is 16.6. The third-order valence-corrected chi connectivity index (χ3v) is 6.91. The minimum Gasteiger partial charge on any atom is -0.507 e. The van der Waals surface area contributed by atoms with E-state index in [1.54, 1.807) is 7.11 Å². The van der Waals surface area contributed by atoms with Crippen molar-refractivity contribution in [3.8, 4) is 11.5 Å². The van der Waals surface area contributed by atoms with Crippen LogP contribution in [0.3, 0.4) is 0 Å². The van der Waals surface area contributed by atoms with Gasteiger partial charge in [-0.15, -0.1) is 12.4 Å². The van der Waals surface area contributed by atoms with Crippen molar-refractivity contribution in [3.05, 3.63) is 51.7 Å². The van der Waals surface area contributed by atoms with Gasteiger partial charge in [0.25, 0.3) is 0 Å². The molecule has 3 nitrogen and oxygen atoms in total. The van der Waals surface area contributed by atoms with Gasteiger partial charge in [0.2, 0.25) is 0 Å². The summed E-state index contributed by atoms with van der Waals surface area (Å²) < 4.78 is 8.72. The molecular formula is C17H17ClI3NO2. The van der Waals surface area contributed by atoms with E-state index in [0.29, 0.717) is 5.75 Å². The van der Waals surface area contributed by atoms with Crippen molar-refractivity contribution in [1.82, 2.24) is 5.32 Å². The van der Waals surface area contributed by atoms with Gasteiger partial charge in [-0.05, 0) is 122 Å². The molecule has 0 radical (unpaired) electrons. The second kappa shape index (κ2) is 8.92. The van der Waals surface area contributed by atoms with Gasteiger partial charge in [-0.2, -0.15) is 0 Å². The molecule has 0 amide bonds. The number of phenolic OH excluding ortho intramolecular Hbond substituents is 1. The van der Waals surface area contributed by atoms with E-state index in [9.17, 15) is 5.11 Å². The highest BCUT2D eigenvalue weighted by Gasteiger charge is 2.23. The van der Waals surface area contributed by atoms with Crippen molar-refractivity contribution in [2.24, 2.45) is 0 Å². The van der Waals surface area contributed by atoms with Gasteiger partial charge in [0, 0.05) is 6.04 Å². The second-order valence-electron chi connectivity index (χ2n) is 5.52. The summed E-state index contributed by atoms with van der Waals surface area (Å²) in [4.78, 5) is 0. The first-order chi connectivity index (χ1) is 11.0. The molecule has 1 aliphatic heterocycles. The summed E-state index contributed by atoms with van der Waals surface area (Å²) in [7, 11) is 1.71. The highest BCUT2D eigenvalue weighted by molar-refractivity contribution is 14.1. The first-order valence-corrected chi connectivity index (χ1v) is 10.5. The minimum absolute atomic E-state index is 0. The quantitative estimate of drug-likeness (QED) is 0.445. The summed E-state index contributed by atoms with van der Waals surface area (Å²) >= 11 is 6.91.